The molecule has 3 N–H and O–H groups in total. The highest BCUT2D eigenvalue weighted by Crippen LogP contribution is 2.15. The van der Waals surface area contributed by atoms with E-state index < -0.39 is 0 Å². The first kappa shape index (κ1) is 15.2. The van der Waals surface area contributed by atoms with Gasteiger partial charge < -0.3 is 11.1 Å². The highest BCUT2D eigenvalue weighted by molar-refractivity contribution is 5.44. The molecule has 0 saturated carbocycles. The molecule has 0 aliphatic heterocycles. The van der Waals surface area contributed by atoms with Crippen LogP contribution in [0.2, 0.25) is 0 Å². The van der Waals surface area contributed by atoms with E-state index in [1.807, 2.05) is 42.1 Å². The number of aromatic nitrogens is 4. The predicted octanol–water partition coefficient (Wildman–Crippen LogP) is 2.08. The molecule has 0 aliphatic carbocycles. The molecule has 0 aliphatic rings. The number of para-hydroxylation sites is 1. The maximum Gasteiger partial charge on any atom is 0.130 e. The normalized spacial score (nSPS) is 10.7. The molecule has 1 aromatic carbocycles. The molecule has 2 heterocycles. The third-order valence-corrected chi connectivity index (χ3v) is 3.49. The van der Waals surface area contributed by atoms with E-state index in [4.69, 9.17) is 5.73 Å². The van der Waals surface area contributed by atoms with E-state index in [0.717, 1.165) is 35.0 Å². The number of hydrogen-bond acceptors (Lipinski definition) is 5. The summed E-state index contributed by atoms with van der Waals surface area (Å²) in [6.07, 6.45) is 4.46. The van der Waals surface area contributed by atoms with Gasteiger partial charge in [-0.25, -0.2) is 14.6 Å². The number of hydrogen-bond donors (Lipinski definition) is 2. The molecule has 0 radical (unpaired) electrons. The largest absolute Gasteiger partial charge is 0.366 e. The Morgan fingerprint density at radius 1 is 1.17 bits per heavy atom. The van der Waals surface area contributed by atoms with Gasteiger partial charge in [0.15, 0.2) is 0 Å². The average molecular weight is 308 g/mol. The number of aryl methyl sites for hydroxylation is 1. The lowest BCUT2D eigenvalue weighted by Gasteiger charge is -2.12. The fraction of sp³-hybridized carbons (Fsp3) is 0.235. The smallest absolute Gasteiger partial charge is 0.130 e. The average Bonchev–Trinajstić information content (AvgIpc) is 3.07. The molecule has 118 valence electrons. The molecule has 6 heteroatoms. The Labute approximate surface area is 135 Å². The van der Waals surface area contributed by atoms with Crippen molar-refractivity contribution in [1.29, 1.82) is 0 Å². The van der Waals surface area contributed by atoms with Gasteiger partial charge in [0.25, 0.3) is 0 Å². The summed E-state index contributed by atoms with van der Waals surface area (Å²) in [6, 6.07) is 12.0. The van der Waals surface area contributed by atoms with Gasteiger partial charge in [-0.15, -0.1) is 0 Å². The van der Waals surface area contributed by atoms with Crippen LogP contribution < -0.4 is 11.1 Å². The highest BCUT2D eigenvalue weighted by Gasteiger charge is 2.06. The van der Waals surface area contributed by atoms with Crippen LogP contribution in [0, 0.1) is 6.92 Å². The van der Waals surface area contributed by atoms with Gasteiger partial charge in [0, 0.05) is 37.1 Å². The second kappa shape index (κ2) is 7.02. The topological polar surface area (TPSA) is 81.6 Å². The van der Waals surface area contributed by atoms with E-state index in [2.05, 4.69) is 32.5 Å². The van der Waals surface area contributed by atoms with Crippen molar-refractivity contribution in [3.63, 3.8) is 0 Å². The van der Waals surface area contributed by atoms with E-state index >= 15 is 0 Å². The zero-order valence-electron chi connectivity index (χ0n) is 13.1. The molecular formula is C17H20N6. The number of nitrogens with two attached hydrogens (primary N) is 1. The van der Waals surface area contributed by atoms with Crippen LogP contribution in [0.25, 0.3) is 5.69 Å². The maximum atomic E-state index is 5.61. The molecule has 0 atom stereocenters. The van der Waals surface area contributed by atoms with Crippen molar-refractivity contribution in [3.8, 4) is 5.69 Å². The van der Waals surface area contributed by atoms with Crippen molar-refractivity contribution in [2.45, 2.75) is 19.9 Å². The Hall–Kier alpha value is -2.73. The number of benzene rings is 1. The van der Waals surface area contributed by atoms with Gasteiger partial charge in [-0.2, -0.15) is 5.10 Å². The molecule has 6 nitrogen and oxygen atoms in total. The maximum absolute atomic E-state index is 5.61. The minimum absolute atomic E-state index is 0.581. The first-order valence-corrected chi connectivity index (χ1v) is 7.62. The summed E-state index contributed by atoms with van der Waals surface area (Å²) in [4.78, 5) is 8.83. The van der Waals surface area contributed by atoms with Gasteiger partial charge in [-0.1, -0.05) is 18.2 Å². The Balaban J connectivity index is 1.79. The quantitative estimate of drug-likeness (QED) is 0.728. The summed E-state index contributed by atoms with van der Waals surface area (Å²) < 4.78 is 1.86. The van der Waals surface area contributed by atoms with Gasteiger partial charge in [-0.05, 0) is 31.2 Å². The lowest BCUT2D eigenvalue weighted by Crippen LogP contribution is -2.10. The molecule has 0 bridgehead atoms. The van der Waals surface area contributed by atoms with Crippen LogP contribution in [0.4, 0.5) is 5.82 Å². The molecule has 3 rings (SSSR count). The van der Waals surface area contributed by atoms with E-state index in [1.165, 1.54) is 0 Å². The van der Waals surface area contributed by atoms with Crippen molar-refractivity contribution in [1.82, 2.24) is 19.7 Å². The molecule has 0 saturated heterocycles. The zero-order valence-corrected chi connectivity index (χ0v) is 13.1. The zero-order chi connectivity index (χ0) is 16.1. The highest BCUT2D eigenvalue weighted by atomic mass is 15.3. The van der Waals surface area contributed by atoms with Crippen molar-refractivity contribution < 1.29 is 0 Å². The van der Waals surface area contributed by atoms with E-state index in [-0.39, 0.29) is 0 Å². The van der Waals surface area contributed by atoms with Gasteiger partial charge in [0.1, 0.15) is 11.6 Å². The first-order valence-electron chi connectivity index (χ1n) is 7.62. The molecule has 23 heavy (non-hydrogen) atoms. The van der Waals surface area contributed by atoms with Crippen LogP contribution in [-0.4, -0.2) is 26.3 Å². The molecular weight excluding hydrogens is 288 g/mol. The van der Waals surface area contributed by atoms with Crippen molar-refractivity contribution >= 4 is 5.82 Å². The third kappa shape index (κ3) is 3.73. The number of rotatable bonds is 6. The molecule has 0 spiro atoms. The molecule has 2 aromatic heterocycles. The molecule has 3 aromatic rings. The van der Waals surface area contributed by atoms with Gasteiger partial charge >= 0.3 is 0 Å². The minimum atomic E-state index is 0.581. The van der Waals surface area contributed by atoms with Gasteiger partial charge in [0.05, 0.1) is 5.69 Å². The van der Waals surface area contributed by atoms with E-state index in [0.29, 0.717) is 13.1 Å². The fourth-order valence-electron chi connectivity index (χ4n) is 2.48. The summed E-state index contributed by atoms with van der Waals surface area (Å²) in [5.41, 5.74) is 8.77. The Kier molecular flexibility index (Phi) is 4.63. The lowest BCUT2D eigenvalue weighted by atomic mass is 10.1. The van der Waals surface area contributed by atoms with Crippen LogP contribution >= 0.6 is 0 Å². The Bertz CT molecular complexity index is 767. The first-order chi connectivity index (χ1) is 11.3. The summed E-state index contributed by atoms with van der Waals surface area (Å²) in [6.45, 7) is 3.13. The van der Waals surface area contributed by atoms with Crippen LogP contribution in [0.15, 0.2) is 48.8 Å². The fourth-order valence-corrected chi connectivity index (χ4v) is 2.48. The van der Waals surface area contributed by atoms with Crippen LogP contribution in [0.3, 0.4) is 0 Å². The summed E-state index contributed by atoms with van der Waals surface area (Å²) in [5.74, 6) is 1.56. The molecule has 0 fully saturated rings. The number of nitrogens with one attached hydrogen (secondary N) is 1. The number of nitrogens with zero attached hydrogens (tertiary/aromatic N) is 4. The monoisotopic (exact) mass is 308 g/mol. The van der Waals surface area contributed by atoms with E-state index in [1.54, 1.807) is 6.20 Å². The standard InChI is InChI=1S/C17H20N6/c1-13-21-15(7-8-18)11-17(22-13)19-12-14-5-2-3-6-16(14)23-10-4-9-20-23/h2-6,9-11H,7-8,12,18H2,1H3,(H,19,21,22). The number of anilines is 1. The van der Waals surface area contributed by atoms with Gasteiger partial charge in [0.2, 0.25) is 0 Å². The molecule has 0 unspecified atom stereocenters. The summed E-state index contributed by atoms with van der Waals surface area (Å²) in [5, 5.41) is 7.67. The Morgan fingerprint density at radius 3 is 2.83 bits per heavy atom. The Morgan fingerprint density at radius 2 is 2.04 bits per heavy atom. The molecule has 0 amide bonds. The second-order valence-corrected chi connectivity index (χ2v) is 5.26. The van der Waals surface area contributed by atoms with Crippen LogP contribution in [0.1, 0.15) is 17.1 Å². The summed E-state index contributed by atoms with van der Waals surface area (Å²) in [7, 11) is 0. The van der Waals surface area contributed by atoms with Crippen molar-refractivity contribution in [2.75, 3.05) is 11.9 Å². The lowest BCUT2D eigenvalue weighted by molar-refractivity contribution is 0.860. The third-order valence-electron chi connectivity index (χ3n) is 3.49. The SMILES string of the molecule is Cc1nc(CCN)cc(NCc2ccccc2-n2cccn2)n1. The van der Waals surface area contributed by atoms with E-state index in [9.17, 15) is 0 Å². The minimum Gasteiger partial charge on any atom is -0.366 e. The van der Waals surface area contributed by atoms with Crippen LogP contribution in [0.5, 0.6) is 0 Å². The summed E-state index contributed by atoms with van der Waals surface area (Å²) >= 11 is 0. The van der Waals surface area contributed by atoms with Crippen molar-refractivity contribution in [3.05, 3.63) is 65.9 Å². The second-order valence-electron chi connectivity index (χ2n) is 5.26. The van der Waals surface area contributed by atoms with Crippen LogP contribution in [-0.2, 0) is 13.0 Å². The predicted molar refractivity (Wildman–Crippen MR) is 90.4 cm³/mol. The van der Waals surface area contributed by atoms with Crippen molar-refractivity contribution in [2.24, 2.45) is 5.73 Å². The van der Waals surface area contributed by atoms with Gasteiger partial charge in [-0.3, -0.25) is 0 Å².